The van der Waals surface area contributed by atoms with Crippen LogP contribution in [0.1, 0.15) is 31.7 Å². The molecule has 4 nitrogen and oxygen atoms in total. The Morgan fingerprint density at radius 2 is 2.53 bits per heavy atom. The summed E-state index contributed by atoms with van der Waals surface area (Å²) in [5.74, 6) is 0. The van der Waals surface area contributed by atoms with Gasteiger partial charge in [-0.05, 0) is 37.8 Å². The summed E-state index contributed by atoms with van der Waals surface area (Å²) < 4.78 is 7.66. The van der Waals surface area contributed by atoms with E-state index in [1.807, 2.05) is 17.9 Å². The van der Waals surface area contributed by atoms with Gasteiger partial charge in [-0.1, -0.05) is 6.92 Å². The molecule has 0 spiro atoms. The SMILES string of the molecule is CCCNC(Cc1cnn(C)c1)C1CCCO1. The first-order chi connectivity index (χ1) is 8.29. The maximum absolute atomic E-state index is 5.80. The lowest BCUT2D eigenvalue weighted by molar-refractivity contribution is 0.0784. The topological polar surface area (TPSA) is 39.1 Å². The van der Waals surface area contributed by atoms with E-state index < -0.39 is 0 Å². The largest absolute Gasteiger partial charge is 0.377 e. The van der Waals surface area contributed by atoms with Gasteiger partial charge < -0.3 is 10.1 Å². The maximum atomic E-state index is 5.80. The van der Waals surface area contributed by atoms with Crippen LogP contribution in [0.25, 0.3) is 0 Å². The fourth-order valence-electron chi connectivity index (χ4n) is 2.42. The van der Waals surface area contributed by atoms with Gasteiger partial charge in [-0.2, -0.15) is 5.10 Å². The smallest absolute Gasteiger partial charge is 0.0732 e. The molecule has 1 fully saturated rings. The minimum atomic E-state index is 0.377. The molecular weight excluding hydrogens is 214 g/mol. The highest BCUT2D eigenvalue weighted by Crippen LogP contribution is 2.18. The van der Waals surface area contributed by atoms with Gasteiger partial charge in [0.05, 0.1) is 12.3 Å². The third kappa shape index (κ3) is 3.54. The number of nitrogens with zero attached hydrogens (tertiary/aromatic N) is 2. The summed E-state index contributed by atoms with van der Waals surface area (Å²) in [6.45, 7) is 4.18. The van der Waals surface area contributed by atoms with Crippen LogP contribution in [0.4, 0.5) is 0 Å². The molecule has 1 aromatic heterocycles. The monoisotopic (exact) mass is 237 g/mol. The van der Waals surface area contributed by atoms with Crippen molar-refractivity contribution in [2.75, 3.05) is 13.2 Å². The van der Waals surface area contributed by atoms with Crippen molar-refractivity contribution in [3.05, 3.63) is 18.0 Å². The lowest BCUT2D eigenvalue weighted by atomic mass is 10.0. The Labute approximate surface area is 103 Å². The second-order valence-corrected chi connectivity index (χ2v) is 4.84. The number of ether oxygens (including phenoxy) is 1. The summed E-state index contributed by atoms with van der Waals surface area (Å²) in [5.41, 5.74) is 1.29. The number of nitrogens with one attached hydrogen (secondary N) is 1. The predicted octanol–water partition coefficient (Wildman–Crippen LogP) is 1.51. The van der Waals surface area contributed by atoms with Crippen LogP contribution in [-0.2, 0) is 18.2 Å². The van der Waals surface area contributed by atoms with E-state index in [1.54, 1.807) is 0 Å². The molecule has 2 unspecified atom stereocenters. The van der Waals surface area contributed by atoms with Gasteiger partial charge in [-0.15, -0.1) is 0 Å². The maximum Gasteiger partial charge on any atom is 0.0732 e. The van der Waals surface area contributed by atoms with Gasteiger partial charge in [0.15, 0.2) is 0 Å². The fraction of sp³-hybridized carbons (Fsp3) is 0.769. The van der Waals surface area contributed by atoms with E-state index in [9.17, 15) is 0 Å². The van der Waals surface area contributed by atoms with Crippen LogP contribution in [0.3, 0.4) is 0 Å². The Morgan fingerprint density at radius 1 is 1.65 bits per heavy atom. The number of hydrogen-bond acceptors (Lipinski definition) is 3. The predicted molar refractivity (Wildman–Crippen MR) is 68.0 cm³/mol. The zero-order chi connectivity index (χ0) is 12.1. The summed E-state index contributed by atoms with van der Waals surface area (Å²) in [7, 11) is 1.96. The third-order valence-corrected chi connectivity index (χ3v) is 3.28. The van der Waals surface area contributed by atoms with Gasteiger partial charge >= 0.3 is 0 Å². The summed E-state index contributed by atoms with van der Waals surface area (Å²) in [5, 5.41) is 7.83. The Bertz CT molecular complexity index is 331. The van der Waals surface area contributed by atoms with Gasteiger partial charge in [-0.3, -0.25) is 4.68 Å². The molecule has 0 bridgehead atoms. The number of hydrogen-bond donors (Lipinski definition) is 1. The lowest BCUT2D eigenvalue weighted by Gasteiger charge is -2.23. The molecule has 1 aliphatic rings. The minimum Gasteiger partial charge on any atom is -0.377 e. The summed E-state index contributed by atoms with van der Waals surface area (Å²) >= 11 is 0. The highest BCUT2D eigenvalue weighted by atomic mass is 16.5. The van der Waals surface area contributed by atoms with Gasteiger partial charge in [0.25, 0.3) is 0 Å². The zero-order valence-electron chi connectivity index (χ0n) is 10.9. The van der Waals surface area contributed by atoms with Gasteiger partial charge in [0.2, 0.25) is 0 Å². The first kappa shape index (κ1) is 12.6. The van der Waals surface area contributed by atoms with E-state index in [4.69, 9.17) is 4.74 Å². The van der Waals surface area contributed by atoms with Gasteiger partial charge in [0.1, 0.15) is 0 Å². The Hall–Kier alpha value is -0.870. The van der Waals surface area contributed by atoms with Crippen LogP contribution < -0.4 is 5.32 Å². The number of aromatic nitrogens is 2. The van der Waals surface area contributed by atoms with E-state index in [-0.39, 0.29) is 0 Å². The van der Waals surface area contributed by atoms with Crippen molar-refractivity contribution in [2.45, 2.75) is 44.8 Å². The van der Waals surface area contributed by atoms with E-state index in [2.05, 4.69) is 23.5 Å². The van der Waals surface area contributed by atoms with Gasteiger partial charge in [-0.25, -0.2) is 0 Å². The van der Waals surface area contributed by atoms with E-state index >= 15 is 0 Å². The van der Waals surface area contributed by atoms with Crippen molar-refractivity contribution in [2.24, 2.45) is 7.05 Å². The first-order valence-corrected chi connectivity index (χ1v) is 6.62. The van der Waals surface area contributed by atoms with Crippen LogP contribution in [0, 0.1) is 0 Å². The molecule has 4 heteroatoms. The Balaban J connectivity index is 1.94. The molecule has 0 aromatic carbocycles. The molecule has 0 aliphatic carbocycles. The van der Waals surface area contributed by atoms with Crippen LogP contribution in [-0.4, -0.2) is 35.1 Å². The first-order valence-electron chi connectivity index (χ1n) is 6.62. The van der Waals surface area contributed by atoms with Crippen molar-refractivity contribution in [3.63, 3.8) is 0 Å². The molecular formula is C13H23N3O. The molecule has 1 N–H and O–H groups in total. The zero-order valence-corrected chi connectivity index (χ0v) is 10.9. The van der Waals surface area contributed by atoms with Crippen molar-refractivity contribution in [1.29, 1.82) is 0 Å². The third-order valence-electron chi connectivity index (χ3n) is 3.28. The second kappa shape index (κ2) is 6.17. The molecule has 0 saturated carbocycles. The van der Waals surface area contributed by atoms with Crippen molar-refractivity contribution >= 4 is 0 Å². The number of aryl methyl sites for hydroxylation is 1. The molecule has 2 atom stereocenters. The standard InChI is InChI=1S/C13H23N3O/c1-3-6-14-12(13-5-4-7-17-13)8-11-9-15-16(2)10-11/h9-10,12-14H,3-8H2,1-2H3. The molecule has 96 valence electrons. The van der Waals surface area contributed by atoms with E-state index in [0.717, 1.165) is 26.0 Å². The molecule has 2 heterocycles. The normalized spacial score (nSPS) is 21.9. The quantitative estimate of drug-likeness (QED) is 0.815. The van der Waals surface area contributed by atoms with E-state index in [0.29, 0.717) is 12.1 Å². The average molecular weight is 237 g/mol. The molecule has 0 radical (unpaired) electrons. The van der Waals surface area contributed by atoms with Crippen LogP contribution in [0.5, 0.6) is 0 Å². The highest BCUT2D eigenvalue weighted by molar-refractivity contribution is 5.07. The molecule has 1 saturated heterocycles. The molecule has 0 amide bonds. The summed E-state index contributed by atoms with van der Waals surface area (Å²) in [6.07, 6.45) is 8.98. The second-order valence-electron chi connectivity index (χ2n) is 4.84. The van der Waals surface area contributed by atoms with Crippen molar-refractivity contribution < 1.29 is 4.74 Å². The van der Waals surface area contributed by atoms with E-state index in [1.165, 1.54) is 18.4 Å². The molecule has 2 rings (SSSR count). The number of rotatable bonds is 6. The summed E-state index contributed by atoms with van der Waals surface area (Å²) in [6, 6.07) is 0.432. The highest BCUT2D eigenvalue weighted by Gasteiger charge is 2.25. The van der Waals surface area contributed by atoms with Gasteiger partial charge in [0, 0.05) is 25.9 Å². The lowest BCUT2D eigenvalue weighted by Crippen LogP contribution is -2.41. The van der Waals surface area contributed by atoms with Crippen LogP contribution in [0.2, 0.25) is 0 Å². The van der Waals surface area contributed by atoms with Crippen molar-refractivity contribution in [3.8, 4) is 0 Å². The Kier molecular flexibility index (Phi) is 4.57. The summed E-state index contributed by atoms with van der Waals surface area (Å²) in [4.78, 5) is 0. The van der Waals surface area contributed by atoms with Crippen LogP contribution in [0.15, 0.2) is 12.4 Å². The minimum absolute atomic E-state index is 0.377. The van der Waals surface area contributed by atoms with Crippen molar-refractivity contribution in [1.82, 2.24) is 15.1 Å². The fourth-order valence-corrected chi connectivity index (χ4v) is 2.42. The van der Waals surface area contributed by atoms with Crippen LogP contribution >= 0.6 is 0 Å². The average Bonchev–Trinajstić information content (AvgIpc) is 2.95. The Morgan fingerprint density at radius 3 is 3.12 bits per heavy atom. The molecule has 1 aliphatic heterocycles. The molecule has 17 heavy (non-hydrogen) atoms. The molecule has 1 aromatic rings.